The minimum Gasteiger partial charge on any atom is -0.325 e. The van der Waals surface area contributed by atoms with Crippen molar-refractivity contribution in [3.05, 3.63) is 28.7 Å². The number of halogens is 4. The highest BCUT2D eigenvalue weighted by Gasteiger charge is 2.29. The lowest BCUT2D eigenvalue weighted by Crippen LogP contribution is -2.41. The second-order valence-corrected chi connectivity index (χ2v) is 5.90. The van der Waals surface area contributed by atoms with Gasteiger partial charge >= 0.3 is 0 Å². The van der Waals surface area contributed by atoms with Gasteiger partial charge in [-0.1, -0.05) is 12.1 Å². The van der Waals surface area contributed by atoms with Crippen LogP contribution < -0.4 is 10.5 Å². The van der Waals surface area contributed by atoms with Crippen LogP contribution in [0.2, 0.25) is 0 Å². The molecule has 1 rings (SSSR count). The SMILES string of the molecule is Cl.NCC(F)(F)CNS(=O)(=O)c1ccccc1Br. The lowest BCUT2D eigenvalue weighted by atomic mass is 10.3. The van der Waals surface area contributed by atoms with E-state index in [1.807, 2.05) is 4.72 Å². The van der Waals surface area contributed by atoms with Crippen molar-refractivity contribution in [2.75, 3.05) is 13.1 Å². The van der Waals surface area contributed by atoms with E-state index >= 15 is 0 Å². The monoisotopic (exact) mass is 364 g/mol. The molecule has 4 nitrogen and oxygen atoms in total. The highest BCUT2D eigenvalue weighted by Crippen LogP contribution is 2.21. The van der Waals surface area contributed by atoms with Gasteiger partial charge in [0.25, 0.3) is 5.92 Å². The first-order valence-corrected chi connectivity index (χ1v) is 6.88. The van der Waals surface area contributed by atoms with Crippen LogP contribution >= 0.6 is 28.3 Å². The van der Waals surface area contributed by atoms with Gasteiger partial charge in [0, 0.05) is 4.47 Å². The van der Waals surface area contributed by atoms with E-state index in [-0.39, 0.29) is 17.3 Å². The van der Waals surface area contributed by atoms with Crippen LogP contribution in [0.15, 0.2) is 33.6 Å². The molecule has 0 fully saturated rings. The van der Waals surface area contributed by atoms with Crippen LogP contribution in [0, 0.1) is 0 Å². The summed E-state index contributed by atoms with van der Waals surface area (Å²) in [6.45, 7) is -1.93. The second-order valence-electron chi connectivity index (χ2n) is 3.32. The maximum atomic E-state index is 12.8. The minimum absolute atomic E-state index is 0. The number of alkyl halides is 2. The lowest BCUT2D eigenvalue weighted by Gasteiger charge is -2.15. The Balaban J connectivity index is 0.00000289. The Morgan fingerprint density at radius 3 is 2.39 bits per heavy atom. The van der Waals surface area contributed by atoms with E-state index in [0.29, 0.717) is 4.47 Å². The molecule has 0 aliphatic rings. The number of nitrogens with one attached hydrogen (secondary N) is 1. The van der Waals surface area contributed by atoms with Gasteiger partial charge in [0.05, 0.1) is 18.0 Å². The Morgan fingerprint density at radius 1 is 1.33 bits per heavy atom. The van der Waals surface area contributed by atoms with Crippen molar-refractivity contribution < 1.29 is 17.2 Å². The van der Waals surface area contributed by atoms with Gasteiger partial charge in [-0.25, -0.2) is 21.9 Å². The summed E-state index contributed by atoms with van der Waals surface area (Å²) >= 11 is 3.04. The predicted molar refractivity (Wildman–Crippen MR) is 70.6 cm³/mol. The number of hydrogen-bond donors (Lipinski definition) is 2. The summed E-state index contributed by atoms with van der Waals surface area (Å²) in [5.41, 5.74) is 4.81. The number of benzene rings is 1. The minimum atomic E-state index is -3.97. The van der Waals surface area contributed by atoms with Crippen molar-refractivity contribution >= 4 is 38.4 Å². The average molecular weight is 366 g/mol. The van der Waals surface area contributed by atoms with Gasteiger partial charge in [-0.3, -0.25) is 0 Å². The molecule has 1 aromatic rings. The van der Waals surface area contributed by atoms with Gasteiger partial charge in [-0.2, -0.15) is 0 Å². The number of hydrogen-bond acceptors (Lipinski definition) is 3. The predicted octanol–water partition coefficient (Wildman–Crippen LogP) is 1.74. The normalized spacial score (nSPS) is 12.0. The van der Waals surface area contributed by atoms with Crippen LogP contribution in [0.5, 0.6) is 0 Å². The summed E-state index contributed by atoms with van der Waals surface area (Å²) < 4.78 is 51.2. The van der Waals surface area contributed by atoms with E-state index in [9.17, 15) is 17.2 Å². The van der Waals surface area contributed by atoms with Crippen molar-refractivity contribution in [3.63, 3.8) is 0 Å². The zero-order chi connectivity index (χ0) is 13.1. The van der Waals surface area contributed by atoms with Crippen molar-refractivity contribution in [1.82, 2.24) is 4.72 Å². The van der Waals surface area contributed by atoms with Gasteiger partial charge in [0.2, 0.25) is 10.0 Å². The van der Waals surface area contributed by atoms with Crippen molar-refractivity contribution in [2.45, 2.75) is 10.8 Å². The molecular formula is C9H12BrClF2N2O2S. The molecule has 0 aromatic heterocycles. The lowest BCUT2D eigenvalue weighted by molar-refractivity contribution is 0.0170. The van der Waals surface area contributed by atoms with Crippen LogP contribution in [0.25, 0.3) is 0 Å². The molecular weight excluding hydrogens is 354 g/mol. The second kappa shape index (κ2) is 6.76. The molecule has 0 atom stereocenters. The van der Waals surface area contributed by atoms with E-state index in [0.717, 1.165) is 0 Å². The maximum Gasteiger partial charge on any atom is 0.273 e. The zero-order valence-electron chi connectivity index (χ0n) is 9.07. The van der Waals surface area contributed by atoms with Gasteiger partial charge in [0.15, 0.2) is 0 Å². The molecule has 18 heavy (non-hydrogen) atoms. The molecule has 0 spiro atoms. The molecule has 0 bridgehead atoms. The van der Waals surface area contributed by atoms with E-state index in [1.54, 1.807) is 6.07 Å². The molecule has 1 aromatic carbocycles. The largest absolute Gasteiger partial charge is 0.325 e. The maximum absolute atomic E-state index is 12.8. The van der Waals surface area contributed by atoms with Gasteiger partial charge in [-0.05, 0) is 28.1 Å². The van der Waals surface area contributed by atoms with E-state index < -0.39 is 29.0 Å². The first kappa shape index (κ1) is 17.7. The fourth-order valence-corrected chi connectivity index (χ4v) is 3.08. The van der Waals surface area contributed by atoms with E-state index in [4.69, 9.17) is 5.73 Å². The van der Waals surface area contributed by atoms with Crippen LogP contribution in [0.1, 0.15) is 0 Å². The molecule has 0 aliphatic carbocycles. The molecule has 0 heterocycles. The van der Waals surface area contributed by atoms with Crippen LogP contribution in [0.3, 0.4) is 0 Å². The molecule has 0 amide bonds. The third-order valence-electron chi connectivity index (χ3n) is 1.95. The first-order valence-electron chi connectivity index (χ1n) is 4.60. The summed E-state index contributed by atoms with van der Waals surface area (Å²) in [5, 5.41) is 0. The molecule has 0 radical (unpaired) electrons. The van der Waals surface area contributed by atoms with Crippen LogP contribution in [-0.4, -0.2) is 27.4 Å². The third kappa shape index (κ3) is 4.77. The molecule has 0 aliphatic heterocycles. The van der Waals surface area contributed by atoms with Crippen molar-refractivity contribution in [2.24, 2.45) is 5.73 Å². The number of nitrogens with two attached hydrogens (primary N) is 1. The fraction of sp³-hybridized carbons (Fsp3) is 0.333. The molecule has 3 N–H and O–H groups in total. The van der Waals surface area contributed by atoms with Crippen molar-refractivity contribution in [1.29, 1.82) is 0 Å². The summed E-state index contributed by atoms with van der Waals surface area (Å²) in [5.74, 6) is -3.26. The highest BCUT2D eigenvalue weighted by atomic mass is 79.9. The summed E-state index contributed by atoms with van der Waals surface area (Å²) in [7, 11) is -3.97. The first-order chi connectivity index (χ1) is 7.78. The number of rotatable bonds is 5. The molecule has 0 unspecified atom stereocenters. The van der Waals surface area contributed by atoms with Crippen molar-refractivity contribution in [3.8, 4) is 0 Å². The summed E-state index contributed by atoms with van der Waals surface area (Å²) in [6.07, 6.45) is 0. The fourth-order valence-electron chi connectivity index (χ4n) is 1.01. The topological polar surface area (TPSA) is 72.2 Å². The van der Waals surface area contributed by atoms with Gasteiger partial charge in [-0.15, -0.1) is 12.4 Å². The Labute approximate surface area is 119 Å². The number of sulfonamides is 1. The standard InChI is InChI=1S/C9H11BrF2N2O2S.ClH/c10-7-3-1-2-4-8(7)17(15,16)14-6-9(11,12)5-13;/h1-4,14H,5-6,13H2;1H. The smallest absolute Gasteiger partial charge is 0.273 e. The highest BCUT2D eigenvalue weighted by molar-refractivity contribution is 9.10. The zero-order valence-corrected chi connectivity index (χ0v) is 12.3. The van der Waals surface area contributed by atoms with Gasteiger partial charge in [0.1, 0.15) is 0 Å². The quantitative estimate of drug-likeness (QED) is 0.835. The Morgan fingerprint density at radius 2 is 1.89 bits per heavy atom. The molecule has 9 heteroatoms. The average Bonchev–Trinajstić information content (AvgIpc) is 2.27. The van der Waals surface area contributed by atoms with E-state index in [2.05, 4.69) is 15.9 Å². The Kier molecular flexibility index (Phi) is 6.66. The Bertz CT molecular complexity index is 499. The van der Waals surface area contributed by atoms with Gasteiger partial charge < -0.3 is 5.73 Å². The summed E-state index contributed by atoms with van der Waals surface area (Å²) in [6, 6.07) is 5.95. The molecule has 104 valence electrons. The molecule has 0 saturated carbocycles. The van der Waals surface area contributed by atoms with Crippen LogP contribution in [0.4, 0.5) is 8.78 Å². The third-order valence-corrected chi connectivity index (χ3v) is 4.36. The van der Waals surface area contributed by atoms with E-state index in [1.165, 1.54) is 18.2 Å². The summed E-state index contributed by atoms with van der Waals surface area (Å²) in [4.78, 5) is -0.0900. The Hall–Kier alpha value is -0.280. The van der Waals surface area contributed by atoms with Crippen LogP contribution in [-0.2, 0) is 10.0 Å². The molecule has 0 saturated heterocycles.